The molecule has 7 nitrogen and oxygen atoms in total. The Morgan fingerprint density at radius 1 is 1.00 bits per heavy atom. The number of hydrogen-bond acceptors (Lipinski definition) is 4. The van der Waals surface area contributed by atoms with Crippen LogP contribution in [-0.4, -0.2) is 75.3 Å². The molecule has 30 heavy (non-hydrogen) atoms. The second kappa shape index (κ2) is 9.16. The van der Waals surface area contributed by atoms with Crippen molar-refractivity contribution in [1.82, 2.24) is 24.3 Å². The van der Waals surface area contributed by atoms with Gasteiger partial charge in [-0.3, -0.25) is 14.5 Å². The lowest BCUT2D eigenvalue weighted by Gasteiger charge is -2.34. The summed E-state index contributed by atoms with van der Waals surface area (Å²) in [6.07, 6.45) is 4.89. The molecule has 0 radical (unpaired) electrons. The van der Waals surface area contributed by atoms with E-state index in [1.807, 2.05) is 35.0 Å². The maximum absolute atomic E-state index is 12.7. The van der Waals surface area contributed by atoms with Crippen LogP contribution in [0.5, 0.6) is 0 Å². The van der Waals surface area contributed by atoms with Crippen molar-refractivity contribution in [2.75, 3.05) is 39.3 Å². The van der Waals surface area contributed by atoms with E-state index in [-0.39, 0.29) is 11.8 Å². The third-order valence-electron chi connectivity index (χ3n) is 6.45. The summed E-state index contributed by atoms with van der Waals surface area (Å²) in [7, 11) is 2.04. The van der Waals surface area contributed by atoms with Crippen LogP contribution in [0.4, 0.5) is 0 Å². The highest BCUT2D eigenvalue weighted by molar-refractivity contribution is 5.97. The van der Waals surface area contributed by atoms with Crippen LogP contribution >= 0.6 is 0 Å². The molecule has 2 aliphatic rings. The summed E-state index contributed by atoms with van der Waals surface area (Å²) < 4.78 is 2.12. The molecule has 0 atom stereocenters. The SMILES string of the molecule is CCCCC(=O)N1CCN(Cc2nc3cc(C(=O)N4CCCC4)ccc3n2C)CC1. The number of carbonyl (C=O) groups is 2. The highest BCUT2D eigenvalue weighted by Crippen LogP contribution is 2.21. The number of fused-ring (bicyclic) bond motifs is 1. The predicted molar refractivity (Wildman–Crippen MR) is 117 cm³/mol. The fourth-order valence-corrected chi connectivity index (χ4v) is 4.47. The van der Waals surface area contributed by atoms with Gasteiger partial charge in [0.15, 0.2) is 0 Å². The van der Waals surface area contributed by atoms with E-state index in [4.69, 9.17) is 4.98 Å². The number of nitrogens with zero attached hydrogens (tertiary/aromatic N) is 5. The largest absolute Gasteiger partial charge is 0.340 e. The summed E-state index contributed by atoms with van der Waals surface area (Å²) in [5, 5.41) is 0. The van der Waals surface area contributed by atoms with Crippen molar-refractivity contribution in [3.63, 3.8) is 0 Å². The van der Waals surface area contributed by atoms with Crippen molar-refractivity contribution in [2.45, 2.75) is 45.6 Å². The average molecular weight is 412 g/mol. The summed E-state index contributed by atoms with van der Waals surface area (Å²) >= 11 is 0. The van der Waals surface area contributed by atoms with Crippen molar-refractivity contribution in [3.8, 4) is 0 Å². The number of imidazole rings is 1. The molecule has 1 aromatic carbocycles. The lowest BCUT2D eigenvalue weighted by Crippen LogP contribution is -2.48. The van der Waals surface area contributed by atoms with Crippen LogP contribution in [0.2, 0.25) is 0 Å². The van der Waals surface area contributed by atoms with Crippen molar-refractivity contribution in [3.05, 3.63) is 29.6 Å². The molecule has 0 saturated carbocycles. The van der Waals surface area contributed by atoms with E-state index < -0.39 is 0 Å². The van der Waals surface area contributed by atoms with Gasteiger partial charge in [-0.15, -0.1) is 0 Å². The van der Waals surface area contributed by atoms with Crippen LogP contribution in [0.15, 0.2) is 18.2 Å². The minimum atomic E-state index is 0.116. The zero-order valence-corrected chi connectivity index (χ0v) is 18.3. The summed E-state index contributed by atoms with van der Waals surface area (Å²) in [5.41, 5.74) is 2.66. The molecular formula is C23H33N5O2. The van der Waals surface area contributed by atoms with Crippen LogP contribution in [0.3, 0.4) is 0 Å². The molecule has 0 unspecified atom stereocenters. The lowest BCUT2D eigenvalue weighted by molar-refractivity contribution is -0.133. The monoisotopic (exact) mass is 411 g/mol. The fraction of sp³-hybridized carbons (Fsp3) is 0.609. The molecule has 0 bridgehead atoms. The lowest BCUT2D eigenvalue weighted by atomic mass is 10.2. The number of amides is 2. The molecule has 2 aliphatic heterocycles. The molecule has 4 rings (SSSR count). The second-order valence-electron chi connectivity index (χ2n) is 8.55. The van der Waals surface area contributed by atoms with Crippen molar-refractivity contribution >= 4 is 22.8 Å². The van der Waals surface area contributed by atoms with Gasteiger partial charge in [-0.2, -0.15) is 0 Å². The number of rotatable bonds is 6. The minimum Gasteiger partial charge on any atom is -0.340 e. The number of aryl methyl sites for hydroxylation is 1. The number of piperazine rings is 1. The third-order valence-corrected chi connectivity index (χ3v) is 6.45. The van der Waals surface area contributed by atoms with Crippen molar-refractivity contribution in [1.29, 1.82) is 0 Å². The quantitative estimate of drug-likeness (QED) is 0.733. The molecule has 0 aliphatic carbocycles. The molecule has 0 N–H and O–H groups in total. The molecule has 1 aromatic heterocycles. The van der Waals surface area contributed by atoms with Gasteiger partial charge in [0, 0.05) is 58.3 Å². The van der Waals surface area contributed by atoms with Crippen molar-refractivity contribution in [2.24, 2.45) is 7.05 Å². The molecule has 2 saturated heterocycles. The first kappa shape index (κ1) is 20.8. The topological polar surface area (TPSA) is 61.7 Å². The van der Waals surface area contributed by atoms with Crippen LogP contribution in [-0.2, 0) is 18.4 Å². The minimum absolute atomic E-state index is 0.116. The Labute approximate surface area is 178 Å². The maximum Gasteiger partial charge on any atom is 0.253 e. The summed E-state index contributed by atoms with van der Waals surface area (Å²) in [4.78, 5) is 36.1. The predicted octanol–water partition coefficient (Wildman–Crippen LogP) is 2.64. The maximum atomic E-state index is 12.7. The summed E-state index contributed by atoms with van der Waals surface area (Å²) in [6, 6.07) is 5.87. The van der Waals surface area contributed by atoms with Gasteiger partial charge in [0.1, 0.15) is 5.82 Å². The van der Waals surface area contributed by atoms with Gasteiger partial charge in [-0.1, -0.05) is 13.3 Å². The number of unbranched alkanes of at least 4 members (excludes halogenated alkanes) is 1. The standard InChI is InChI=1S/C23H33N5O2/c1-3-4-7-22(29)27-14-12-26(13-15-27)17-21-24-19-16-18(8-9-20(19)25(21)2)23(30)28-10-5-6-11-28/h8-9,16H,3-7,10-15,17H2,1-2H3. The zero-order valence-electron chi connectivity index (χ0n) is 18.3. The van der Waals surface area contributed by atoms with E-state index in [0.717, 1.165) is 93.9 Å². The first-order valence-corrected chi connectivity index (χ1v) is 11.3. The van der Waals surface area contributed by atoms with Gasteiger partial charge in [-0.05, 0) is 37.5 Å². The first-order chi connectivity index (χ1) is 14.6. The molecule has 2 aromatic rings. The third kappa shape index (κ3) is 4.36. The van der Waals surface area contributed by atoms with E-state index in [0.29, 0.717) is 6.42 Å². The number of benzene rings is 1. The number of likely N-dealkylation sites (tertiary alicyclic amines) is 1. The molecule has 0 spiro atoms. The van der Waals surface area contributed by atoms with Crippen LogP contribution in [0.25, 0.3) is 11.0 Å². The summed E-state index contributed by atoms with van der Waals surface area (Å²) in [6.45, 7) is 7.93. The normalized spacial score (nSPS) is 17.8. The second-order valence-corrected chi connectivity index (χ2v) is 8.55. The summed E-state index contributed by atoms with van der Waals surface area (Å²) in [5.74, 6) is 1.40. The molecular weight excluding hydrogens is 378 g/mol. The van der Waals surface area contributed by atoms with Gasteiger partial charge in [-0.25, -0.2) is 4.98 Å². The van der Waals surface area contributed by atoms with Gasteiger partial charge in [0.2, 0.25) is 5.91 Å². The zero-order chi connectivity index (χ0) is 21.1. The molecule has 7 heteroatoms. The smallest absolute Gasteiger partial charge is 0.253 e. The van der Waals surface area contributed by atoms with Gasteiger partial charge in [0.25, 0.3) is 5.91 Å². The van der Waals surface area contributed by atoms with E-state index >= 15 is 0 Å². The van der Waals surface area contributed by atoms with E-state index in [2.05, 4.69) is 16.4 Å². The van der Waals surface area contributed by atoms with Gasteiger partial charge < -0.3 is 14.4 Å². The highest BCUT2D eigenvalue weighted by Gasteiger charge is 2.23. The van der Waals surface area contributed by atoms with Gasteiger partial charge >= 0.3 is 0 Å². The molecule has 162 valence electrons. The van der Waals surface area contributed by atoms with E-state index in [1.165, 1.54) is 0 Å². The highest BCUT2D eigenvalue weighted by atomic mass is 16.2. The Bertz CT molecular complexity index is 908. The Morgan fingerprint density at radius 3 is 2.43 bits per heavy atom. The first-order valence-electron chi connectivity index (χ1n) is 11.3. The Hall–Kier alpha value is -2.41. The molecule has 3 heterocycles. The van der Waals surface area contributed by atoms with Crippen LogP contribution in [0, 0.1) is 0 Å². The van der Waals surface area contributed by atoms with Crippen LogP contribution in [0.1, 0.15) is 55.2 Å². The Balaban J connectivity index is 1.40. The Kier molecular flexibility index (Phi) is 6.37. The average Bonchev–Trinajstić information content (AvgIpc) is 3.41. The molecule has 2 amide bonds. The molecule has 2 fully saturated rings. The van der Waals surface area contributed by atoms with Crippen LogP contribution < -0.4 is 0 Å². The fourth-order valence-electron chi connectivity index (χ4n) is 4.47. The number of aromatic nitrogens is 2. The van der Waals surface area contributed by atoms with Crippen molar-refractivity contribution < 1.29 is 9.59 Å². The Morgan fingerprint density at radius 2 is 1.73 bits per heavy atom. The number of hydrogen-bond donors (Lipinski definition) is 0. The number of carbonyl (C=O) groups excluding carboxylic acids is 2. The van der Waals surface area contributed by atoms with Gasteiger partial charge in [0.05, 0.1) is 17.6 Å². The van der Waals surface area contributed by atoms with E-state index in [9.17, 15) is 9.59 Å². The van der Waals surface area contributed by atoms with E-state index in [1.54, 1.807) is 0 Å².